The lowest BCUT2D eigenvalue weighted by atomic mass is 10.1. The van der Waals surface area contributed by atoms with Crippen molar-refractivity contribution in [1.29, 1.82) is 0 Å². The lowest BCUT2D eigenvalue weighted by Crippen LogP contribution is -2.06. The minimum atomic E-state index is 0.988. The number of hydrogen-bond acceptors (Lipinski definition) is 2. The third-order valence-electron chi connectivity index (χ3n) is 5.22. The van der Waals surface area contributed by atoms with E-state index in [0.717, 1.165) is 18.5 Å². The van der Waals surface area contributed by atoms with Crippen molar-refractivity contribution in [3.8, 4) is 11.3 Å². The third kappa shape index (κ3) is 3.13. The average molecular weight is 330 g/mol. The Kier molecular flexibility index (Phi) is 4.69. The number of aromatic nitrogens is 1. The molecule has 1 aliphatic rings. The molecule has 0 radical (unpaired) electrons. The van der Waals surface area contributed by atoms with Crippen molar-refractivity contribution < 1.29 is 0 Å². The van der Waals surface area contributed by atoms with E-state index in [1.54, 1.807) is 0 Å². The molecule has 0 fully saturated rings. The van der Waals surface area contributed by atoms with Gasteiger partial charge in [-0.3, -0.25) is 0 Å². The Morgan fingerprint density at radius 3 is 2.64 bits per heavy atom. The van der Waals surface area contributed by atoms with E-state index in [1.165, 1.54) is 65.6 Å². The molecule has 0 unspecified atom stereocenters. The number of fused-ring (bicyclic) bond motifs is 4. The molecule has 1 N–H and O–H groups in total. The van der Waals surface area contributed by atoms with Crippen LogP contribution >= 0.6 is 0 Å². The molecule has 0 saturated carbocycles. The molecule has 1 aliphatic carbocycles. The first kappa shape index (κ1) is 16.1. The Labute approximate surface area is 150 Å². The molecule has 2 nitrogen and oxygen atoms in total. The van der Waals surface area contributed by atoms with Crippen LogP contribution in [0.15, 0.2) is 48.5 Å². The second-order valence-corrected chi connectivity index (χ2v) is 7.01. The summed E-state index contributed by atoms with van der Waals surface area (Å²) < 4.78 is 0. The van der Waals surface area contributed by atoms with Crippen molar-refractivity contribution in [3.05, 3.63) is 59.7 Å². The number of pyridine rings is 1. The maximum absolute atomic E-state index is 4.99. The van der Waals surface area contributed by atoms with E-state index >= 15 is 0 Å². The number of anilines is 1. The number of para-hydroxylation sites is 1. The molecule has 128 valence electrons. The third-order valence-corrected chi connectivity index (χ3v) is 5.22. The minimum Gasteiger partial charge on any atom is -0.384 e. The lowest BCUT2D eigenvalue weighted by Gasteiger charge is -2.15. The van der Waals surface area contributed by atoms with Gasteiger partial charge in [0.15, 0.2) is 0 Å². The highest BCUT2D eigenvalue weighted by molar-refractivity contribution is 5.98. The van der Waals surface area contributed by atoms with Gasteiger partial charge in [-0.2, -0.15) is 0 Å². The molecule has 0 aliphatic heterocycles. The van der Waals surface area contributed by atoms with Crippen LogP contribution in [0.2, 0.25) is 0 Å². The van der Waals surface area contributed by atoms with Crippen molar-refractivity contribution in [2.24, 2.45) is 0 Å². The summed E-state index contributed by atoms with van der Waals surface area (Å²) in [5, 5.41) is 5.01. The lowest BCUT2D eigenvalue weighted by molar-refractivity contribution is 0.645. The Morgan fingerprint density at radius 1 is 0.920 bits per heavy atom. The molecule has 1 aromatic heterocycles. The molecule has 0 atom stereocenters. The van der Waals surface area contributed by atoms with Gasteiger partial charge in [-0.25, -0.2) is 4.98 Å². The first-order chi connectivity index (χ1) is 12.4. The molecule has 0 bridgehead atoms. The summed E-state index contributed by atoms with van der Waals surface area (Å²) in [6.07, 6.45) is 7.53. The van der Waals surface area contributed by atoms with Crippen LogP contribution in [0.3, 0.4) is 0 Å². The van der Waals surface area contributed by atoms with Crippen molar-refractivity contribution >= 4 is 16.6 Å². The Balaban J connectivity index is 1.65. The van der Waals surface area contributed by atoms with Gasteiger partial charge in [-0.1, -0.05) is 75.1 Å². The Hall–Kier alpha value is -2.35. The highest BCUT2D eigenvalue weighted by Gasteiger charge is 2.24. The first-order valence-electron chi connectivity index (χ1n) is 9.62. The normalized spacial score (nSPS) is 12.2. The molecule has 2 aromatic carbocycles. The van der Waals surface area contributed by atoms with Crippen molar-refractivity contribution in [3.63, 3.8) is 0 Å². The summed E-state index contributed by atoms with van der Waals surface area (Å²) in [5.41, 5.74) is 7.62. The fourth-order valence-corrected chi connectivity index (χ4v) is 3.89. The zero-order valence-electron chi connectivity index (χ0n) is 15.0. The minimum absolute atomic E-state index is 0.988. The predicted molar refractivity (Wildman–Crippen MR) is 107 cm³/mol. The first-order valence-corrected chi connectivity index (χ1v) is 9.62. The van der Waals surface area contributed by atoms with E-state index in [9.17, 15) is 0 Å². The topological polar surface area (TPSA) is 24.9 Å². The van der Waals surface area contributed by atoms with Crippen LogP contribution in [0.1, 0.15) is 50.2 Å². The van der Waals surface area contributed by atoms with Crippen molar-refractivity contribution in [1.82, 2.24) is 4.98 Å². The predicted octanol–water partition coefficient (Wildman–Crippen LogP) is 6.19. The molecule has 3 aromatic rings. The second kappa shape index (κ2) is 7.26. The van der Waals surface area contributed by atoms with Gasteiger partial charge < -0.3 is 5.32 Å². The average Bonchev–Trinajstić information content (AvgIpc) is 3.02. The van der Waals surface area contributed by atoms with Crippen LogP contribution in [-0.4, -0.2) is 11.5 Å². The van der Waals surface area contributed by atoms with Crippen molar-refractivity contribution in [2.45, 2.75) is 45.4 Å². The van der Waals surface area contributed by atoms with E-state index in [-0.39, 0.29) is 0 Å². The van der Waals surface area contributed by atoms with Gasteiger partial charge in [-0.15, -0.1) is 0 Å². The van der Waals surface area contributed by atoms with Crippen LogP contribution in [-0.2, 0) is 6.42 Å². The molecule has 1 heterocycles. The summed E-state index contributed by atoms with van der Waals surface area (Å²) in [5.74, 6) is 0. The van der Waals surface area contributed by atoms with Gasteiger partial charge in [0.25, 0.3) is 0 Å². The van der Waals surface area contributed by atoms with Gasteiger partial charge in [-0.05, 0) is 18.1 Å². The van der Waals surface area contributed by atoms with E-state index in [2.05, 4.69) is 60.8 Å². The zero-order chi connectivity index (χ0) is 17.1. The summed E-state index contributed by atoms with van der Waals surface area (Å²) in [4.78, 5) is 4.99. The van der Waals surface area contributed by atoms with Gasteiger partial charge >= 0.3 is 0 Å². The molecule has 4 rings (SSSR count). The maximum atomic E-state index is 4.99. The number of nitrogens with zero attached hydrogens (tertiary/aromatic N) is 1. The number of rotatable bonds is 7. The smallest absolute Gasteiger partial charge is 0.0768 e. The quantitative estimate of drug-likeness (QED) is 0.409. The summed E-state index contributed by atoms with van der Waals surface area (Å²) in [7, 11) is 0. The monoisotopic (exact) mass is 330 g/mol. The standard InChI is InChI=1S/C23H26N2/c1-2-3-4-5-10-15-24-22-19-13-8-9-14-21(19)25-23-18-12-7-6-11-17(18)16-20(22)23/h6-9,11-14H,2-5,10,15-16H2,1H3,(H,24,25). The van der Waals surface area contributed by atoms with Gasteiger partial charge in [0, 0.05) is 35.2 Å². The molecular formula is C23H26N2. The van der Waals surface area contributed by atoms with Crippen LogP contribution in [0.5, 0.6) is 0 Å². The highest BCUT2D eigenvalue weighted by Crippen LogP contribution is 2.42. The van der Waals surface area contributed by atoms with Gasteiger partial charge in [0.05, 0.1) is 11.2 Å². The van der Waals surface area contributed by atoms with Crippen molar-refractivity contribution in [2.75, 3.05) is 11.9 Å². The molecular weight excluding hydrogens is 304 g/mol. The SMILES string of the molecule is CCCCCCCNc1c2c(nc3ccccc13)-c1ccccc1C2. The molecule has 0 amide bonds. The number of hydrogen-bond donors (Lipinski definition) is 1. The number of unbranched alkanes of at least 4 members (excludes halogenated alkanes) is 4. The van der Waals surface area contributed by atoms with Gasteiger partial charge in [0.1, 0.15) is 0 Å². The molecule has 2 heteroatoms. The Bertz CT molecular complexity index is 882. The summed E-state index contributed by atoms with van der Waals surface area (Å²) in [6, 6.07) is 17.2. The molecule has 0 spiro atoms. The fourth-order valence-electron chi connectivity index (χ4n) is 3.89. The zero-order valence-corrected chi connectivity index (χ0v) is 15.0. The molecule has 0 saturated heterocycles. The van der Waals surface area contributed by atoms with E-state index < -0.39 is 0 Å². The largest absolute Gasteiger partial charge is 0.384 e. The number of nitrogens with one attached hydrogen (secondary N) is 1. The van der Waals surface area contributed by atoms with Crippen LogP contribution in [0.4, 0.5) is 5.69 Å². The summed E-state index contributed by atoms with van der Waals surface area (Å²) in [6.45, 7) is 3.31. The second-order valence-electron chi connectivity index (χ2n) is 7.01. The highest BCUT2D eigenvalue weighted by atomic mass is 14.9. The van der Waals surface area contributed by atoms with E-state index in [1.807, 2.05) is 0 Å². The number of benzene rings is 2. The van der Waals surface area contributed by atoms with E-state index in [0.29, 0.717) is 0 Å². The van der Waals surface area contributed by atoms with Crippen LogP contribution in [0.25, 0.3) is 22.2 Å². The van der Waals surface area contributed by atoms with Crippen LogP contribution < -0.4 is 5.32 Å². The van der Waals surface area contributed by atoms with Gasteiger partial charge in [0.2, 0.25) is 0 Å². The maximum Gasteiger partial charge on any atom is 0.0768 e. The fraction of sp³-hybridized carbons (Fsp3) is 0.348. The molecule has 25 heavy (non-hydrogen) atoms. The van der Waals surface area contributed by atoms with Crippen LogP contribution in [0, 0.1) is 0 Å². The summed E-state index contributed by atoms with van der Waals surface area (Å²) >= 11 is 0. The van der Waals surface area contributed by atoms with E-state index in [4.69, 9.17) is 4.98 Å². The Morgan fingerprint density at radius 2 is 1.72 bits per heavy atom.